The summed E-state index contributed by atoms with van der Waals surface area (Å²) in [5.41, 5.74) is 4.16. The van der Waals surface area contributed by atoms with Gasteiger partial charge in [0.2, 0.25) is 5.43 Å². The van der Waals surface area contributed by atoms with Crippen molar-refractivity contribution in [3.05, 3.63) is 69.3 Å². The van der Waals surface area contributed by atoms with Crippen molar-refractivity contribution in [1.82, 2.24) is 19.7 Å². The van der Waals surface area contributed by atoms with E-state index in [1.54, 1.807) is 6.20 Å². The molecule has 2 N–H and O–H groups in total. The summed E-state index contributed by atoms with van der Waals surface area (Å²) < 4.78 is 30.4. The van der Waals surface area contributed by atoms with Gasteiger partial charge in [-0.15, -0.1) is 0 Å². The number of fused-ring (bicyclic) bond motifs is 4. The normalized spacial score (nSPS) is 18.8. The van der Waals surface area contributed by atoms with E-state index >= 15 is 4.39 Å². The predicted molar refractivity (Wildman–Crippen MR) is 173 cm³/mol. The second-order valence-corrected chi connectivity index (χ2v) is 12.6. The Labute approximate surface area is 261 Å². The lowest BCUT2D eigenvalue weighted by Gasteiger charge is -2.30. The number of pyridine rings is 1. The van der Waals surface area contributed by atoms with Crippen LogP contribution in [0.15, 0.2) is 46.9 Å². The highest BCUT2D eigenvalue weighted by Crippen LogP contribution is 2.49. The van der Waals surface area contributed by atoms with Gasteiger partial charge in [-0.1, -0.05) is 12.2 Å². The number of carbonyl (C=O) groups excluding carboxylic acids is 1. The number of rotatable bonds is 8. The van der Waals surface area contributed by atoms with E-state index in [0.717, 1.165) is 76.1 Å². The van der Waals surface area contributed by atoms with Gasteiger partial charge in [-0.3, -0.25) is 9.59 Å². The monoisotopic (exact) mass is 611 g/mol. The summed E-state index contributed by atoms with van der Waals surface area (Å²) in [4.78, 5) is 32.0. The topological polar surface area (TPSA) is 88.1 Å². The molecule has 45 heavy (non-hydrogen) atoms. The van der Waals surface area contributed by atoms with Crippen molar-refractivity contribution >= 4 is 28.1 Å². The third-order valence-corrected chi connectivity index (χ3v) is 9.79. The van der Waals surface area contributed by atoms with Crippen LogP contribution in [0.3, 0.4) is 0 Å². The van der Waals surface area contributed by atoms with Crippen LogP contribution in [0.25, 0.3) is 22.2 Å². The first-order valence-electron chi connectivity index (χ1n) is 16.3. The number of amides is 1. The number of nitrogens with one attached hydrogen (secondary N) is 2. The zero-order valence-corrected chi connectivity index (χ0v) is 25.4. The highest BCUT2D eigenvalue weighted by atomic mass is 19.1. The molecule has 8 rings (SSSR count). The minimum atomic E-state index is -0.587. The van der Waals surface area contributed by atoms with Crippen molar-refractivity contribution < 1.29 is 18.7 Å². The Morgan fingerprint density at radius 2 is 1.71 bits per heavy atom. The molecule has 5 heterocycles. The van der Waals surface area contributed by atoms with Gasteiger partial charge < -0.3 is 34.5 Å². The Kier molecular flexibility index (Phi) is 7.34. The zero-order valence-electron chi connectivity index (χ0n) is 25.4. The molecule has 3 aromatic rings. The van der Waals surface area contributed by atoms with Gasteiger partial charge in [0.25, 0.3) is 5.91 Å². The van der Waals surface area contributed by atoms with E-state index in [0.29, 0.717) is 42.4 Å². The summed E-state index contributed by atoms with van der Waals surface area (Å²) >= 11 is 0. The molecule has 0 bridgehead atoms. The Morgan fingerprint density at radius 3 is 2.49 bits per heavy atom. The average Bonchev–Trinajstić information content (AvgIpc) is 3.77. The second kappa shape index (κ2) is 11.7. The van der Waals surface area contributed by atoms with Crippen LogP contribution in [0.5, 0.6) is 17.2 Å². The molecule has 2 saturated heterocycles. The van der Waals surface area contributed by atoms with E-state index in [-0.39, 0.29) is 22.4 Å². The van der Waals surface area contributed by atoms with Crippen molar-refractivity contribution in [2.75, 3.05) is 64.3 Å². The molecule has 0 saturated carbocycles. The standard InChI is InChI=1S/C35H38FN5O4/c36-27-17-25-32-34(31(27)37-9-15-39-11-3-4-12-39)45-30-19-29-24(23-8-2-1-7-22(23)21-44-29)18-28(30)41(32)20-26(33(25)42)35(43)38-10-16-40-13-5-6-14-40/h1,7,17-20,37H,2-6,8-16,21H2,(H,38,43). The van der Waals surface area contributed by atoms with Crippen molar-refractivity contribution in [1.29, 1.82) is 0 Å². The molecular weight excluding hydrogens is 573 g/mol. The van der Waals surface area contributed by atoms with E-state index < -0.39 is 17.2 Å². The number of likely N-dealkylation sites (tertiary alicyclic amines) is 2. The van der Waals surface area contributed by atoms with Gasteiger partial charge in [0.15, 0.2) is 17.3 Å². The summed E-state index contributed by atoms with van der Waals surface area (Å²) in [6, 6.07) is 5.12. The first-order chi connectivity index (χ1) is 22.0. The SMILES string of the molecule is O=C(NCCN1CCCC1)c1cn2c3c(c(NCCN4CCCC4)c(F)cc3c1=O)Oc1cc3c(cc1-2)C1=C(C=CCC1)CO3. The maximum absolute atomic E-state index is 15.9. The number of carbonyl (C=O) groups is 1. The van der Waals surface area contributed by atoms with Crippen molar-refractivity contribution in [3.63, 3.8) is 0 Å². The van der Waals surface area contributed by atoms with Crippen LogP contribution in [0.1, 0.15) is 54.4 Å². The number of hydrogen-bond acceptors (Lipinski definition) is 7. The highest BCUT2D eigenvalue weighted by Gasteiger charge is 2.31. The highest BCUT2D eigenvalue weighted by molar-refractivity contribution is 6.01. The number of nitrogens with zero attached hydrogens (tertiary/aromatic N) is 3. The molecular formula is C35H38FN5O4. The fourth-order valence-corrected chi connectivity index (χ4v) is 7.41. The van der Waals surface area contributed by atoms with Gasteiger partial charge in [-0.2, -0.15) is 0 Å². The summed E-state index contributed by atoms with van der Waals surface area (Å²) in [6.45, 7) is 7.09. The largest absolute Gasteiger partial charge is 0.488 e. The van der Waals surface area contributed by atoms with E-state index in [1.165, 1.54) is 24.5 Å². The van der Waals surface area contributed by atoms with Crippen LogP contribution in [-0.4, -0.2) is 79.2 Å². The van der Waals surface area contributed by atoms with Crippen LogP contribution in [0.2, 0.25) is 0 Å². The Morgan fingerprint density at radius 1 is 0.956 bits per heavy atom. The second-order valence-electron chi connectivity index (χ2n) is 12.6. The van der Waals surface area contributed by atoms with Crippen LogP contribution < -0.4 is 25.5 Å². The molecule has 4 aliphatic heterocycles. The first kappa shape index (κ1) is 28.3. The minimum absolute atomic E-state index is 0.0219. The smallest absolute Gasteiger partial charge is 0.256 e. The third kappa shape index (κ3) is 5.10. The molecule has 1 aliphatic carbocycles. The van der Waals surface area contributed by atoms with E-state index in [9.17, 15) is 9.59 Å². The maximum atomic E-state index is 15.9. The molecule has 2 aromatic carbocycles. The lowest BCUT2D eigenvalue weighted by molar-refractivity contribution is 0.0948. The van der Waals surface area contributed by atoms with Crippen molar-refractivity contribution in [2.24, 2.45) is 0 Å². The molecule has 9 nitrogen and oxygen atoms in total. The molecule has 0 atom stereocenters. The molecule has 0 spiro atoms. The van der Waals surface area contributed by atoms with Crippen LogP contribution in [0, 0.1) is 5.82 Å². The van der Waals surface area contributed by atoms with E-state index in [2.05, 4.69) is 32.6 Å². The van der Waals surface area contributed by atoms with Crippen molar-refractivity contribution in [2.45, 2.75) is 38.5 Å². The molecule has 0 radical (unpaired) electrons. The number of benzene rings is 2. The molecule has 234 valence electrons. The van der Waals surface area contributed by atoms with Gasteiger partial charge in [-0.25, -0.2) is 4.39 Å². The Hall–Kier alpha value is -4.15. The van der Waals surface area contributed by atoms with Gasteiger partial charge in [0.1, 0.15) is 29.1 Å². The fraction of sp³-hybridized carbons (Fsp3) is 0.429. The maximum Gasteiger partial charge on any atom is 0.256 e. The Balaban J connectivity index is 1.23. The number of halogens is 1. The molecule has 10 heteroatoms. The van der Waals surface area contributed by atoms with Crippen molar-refractivity contribution in [3.8, 4) is 22.9 Å². The van der Waals surface area contributed by atoms with Crippen LogP contribution >= 0.6 is 0 Å². The van der Waals surface area contributed by atoms with Gasteiger partial charge in [0, 0.05) is 44.0 Å². The summed E-state index contributed by atoms with van der Waals surface area (Å²) in [5.74, 6) is 0.388. The van der Waals surface area contributed by atoms with Crippen LogP contribution in [0.4, 0.5) is 10.1 Å². The molecule has 1 aromatic heterocycles. The average molecular weight is 612 g/mol. The number of ether oxygens (including phenoxy) is 2. The van der Waals surface area contributed by atoms with E-state index in [1.807, 2.05) is 16.7 Å². The number of aromatic nitrogens is 1. The molecule has 1 amide bonds. The Bertz CT molecular complexity index is 1820. The number of hydrogen-bond donors (Lipinski definition) is 2. The zero-order chi connectivity index (χ0) is 30.5. The summed E-state index contributed by atoms with van der Waals surface area (Å²) in [6.07, 6.45) is 12.4. The van der Waals surface area contributed by atoms with Crippen LogP contribution in [-0.2, 0) is 0 Å². The van der Waals surface area contributed by atoms with Gasteiger partial charge >= 0.3 is 0 Å². The van der Waals surface area contributed by atoms with E-state index in [4.69, 9.17) is 9.47 Å². The fourth-order valence-electron chi connectivity index (χ4n) is 7.41. The number of allylic oxidation sites excluding steroid dienone is 2. The lowest BCUT2D eigenvalue weighted by Crippen LogP contribution is -2.36. The predicted octanol–water partition coefficient (Wildman–Crippen LogP) is 5.06. The summed E-state index contributed by atoms with van der Waals surface area (Å²) in [5, 5.41) is 6.31. The summed E-state index contributed by atoms with van der Waals surface area (Å²) in [7, 11) is 0. The molecule has 2 fully saturated rings. The quantitative estimate of drug-likeness (QED) is 0.288. The molecule has 0 unspecified atom stereocenters. The molecule has 5 aliphatic rings. The van der Waals surface area contributed by atoms with Gasteiger partial charge in [-0.05, 0) is 88.0 Å². The minimum Gasteiger partial charge on any atom is -0.488 e. The lowest BCUT2D eigenvalue weighted by atomic mass is 9.89. The first-order valence-corrected chi connectivity index (χ1v) is 16.3. The van der Waals surface area contributed by atoms with Gasteiger partial charge in [0.05, 0.1) is 11.1 Å². The third-order valence-electron chi connectivity index (χ3n) is 9.79. The number of anilines is 1.